The molecule has 2 heterocycles. The summed E-state index contributed by atoms with van der Waals surface area (Å²) in [7, 11) is -1.90. The Morgan fingerprint density at radius 3 is 2.64 bits per heavy atom. The second-order valence-corrected chi connectivity index (χ2v) is 13.1. The van der Waals surface area contributed by atoms with Crippen molar-refractivity contribution in [3.05, 3.63) is 11.6 Å². The lowest BCUT2D eigenvalue weighted by Gasteiger charge is -2.43. The van der Waals surface area contributed by atoms with Crippen LogP contribution in [0.5, 0.6) is 0 Å². The zero-order valence-electron chi connectivity index (χ0n) is 14.1. The summed E-state index contributed by atoms with van der Waals surface area (Å²) < 4.78 is 17.8. The van der Waals surface area contributed by atoms with E-state index in [9.17, 15) is 10.2 Å². The molecule has 0 unspecified atom stereocenters. The maximum atomic E-state index is 10.6. The molecule has 6 atom stereocenters. The van der Waals surface area contributed by atoms with Crippen LogP contribution in [0.3, 0.4) is 0 Å². The average Bonchev–Trinajstić information content (AvgIpc) is 2.92. The van der Waals surface area contributed by atoms with Crippen LogP contribution in [0.25, 0.3) is 0 Å². The van der Waals surface area contributed by atoms with Gasteiger partial charge >= 0.3 is 0 Å². The van der Waals surface area contributed by atoms with E-state index in [0.29, 0.717) is 13.2 Å². The zero-order valence-corrected chi connectivity index (χ0v) is 15.1. The van der Waals surface area contributed by atoms with Gasteiger partial charge < -0.3 is 24.1 Å². The molecule has 2 N–H and O–H groups in total. The maximum Gasteiger partial charge on any atom is 0.192 e. The lowest BCUT2D eigenvalue weighted by Crippen LogP contribution is -2.55. The monoisotopic (exact) mass is 328 g/mol. The van der Waals surface area contributed by atoms with Crippen LogP contribution in [0.4, 0.5) is 0 Å². The fourth-order valence-electron chi connectivity index (χ4n) is 3.37. The Morgan fingerprint density at radius 2 is 2.00 bits per heavy atom. The van der Waals surface area contributed by atoms with Crippen LogP contribution < -0.4 is 0 Å². The van der Waals surface area contributed by atoms with E-state index >= 15 is 0 Å². The molecule has 22 heavy (non-hydrogen) atoms. The lowest BCUT2D eigenvalue weighted by atomic mass is 9.82. The minimum atomic E-state index is -1.90. The first-order chi connectivity index (χ1) is 10.1. The van der Waals surface area contributed by atoms with E-state index in [0.717, 1.165) is 5.57 Å². The highest BCUT2D eigenvalue weighted by Gasteiger charge is 2.55. The van der Waals surface area contributed by atoms with Gasteiger partial charge in [-0.05, 0) is 23.7 Å². The van der Waals surface area contributed by atoms with Crippen molar-refractivity contribution in [2.24, 2.45) is 11.8 Å². The number of aliphatic hydroxyl groups excluding tert-OH is 2. The van der Waals surface area contributed by atoms with Crippen molar-refractivity contribution in [3.63, 3.8) is 0 Å². The predicted molar refractivity (Wildman–Crippen MR) is 84.8 cm³/mol. The molecular formula is C16H28O5Si. The molecule has 2 aliphatic heterocycles. The lowest BCUT2D eigenvalue weighted by molar-refractivity contribution is -0.249. The summed E-state index contributed by atoms with van der Waals surface area (Å²) in [4.78, 5) is 0. The summed E-state index contributed by atoms with van der Waals surface area (Å²) in [6.45, 7) is 11.8. The van der Waals surface area contributed by atoms with Crippen LogP contribution in [-0.4, -0.2) is 56.3 Å². The molecule has 0 aromatic heterocycles. The Kier molecular flexibility index (Phi) is 4.07. The Hall–Kier alpha value is -0.243. The predicted octanol–water partition coefficient (Wildman–Crippen LogP) is 1.66. The van der Waals surface area contributed by atoms with Gasteiger partial charge in [-0.1, -0.05) is 26.8 Å². The number of hydrogen-bond donors (Lipinski definition) is 2. The van der Waals surface area contributed by atoms with Crippen LogP contribution in [0, 0.1) is 11.8 Å². The van der Waals surface area contributed by atoms with Gasteiger partial charge in [0.05, 0.1) is 25.4 Å². The quantitative estimate of drug-likeness (QED) is 0.609. The largest absolute Gasteiger partial charge is 0.414 e. The summed E-state index contributed by atoms with van der Waals surface area (Å²) >= 11 is 0. The molecule has 2 saturated heterocycles. The SMILES string of the molecule is CC(C)(C)[Si](C)(C)OC[C@H]1O[C@@H]2OCC3=C[C@H](O)[C@H]([C@@H]1O)[C@@H]32. The van der Waals surface area contributed by atoms with Gasteiger partial charge in [-0.25, -0.2) is 0 Å². The molecule has 5 nitrogen and oxygen atoms in total. The van der Waals surface area contributed by atoms with E-state index < -0.39 is 26.6 Å². The third-order valence-corrected chi connectivity index (χ3v) is 10.3. The first-order valence-electron chi connectivity index (χ1n) is 8.09. The van der Waals surface area contributed by atoms with E-state index in [4.69, 9.17) is 13.9 Å². The second-order valence-electron chi connectivity index (χ2n) is 8.25. The second kappa shape index (κ2) is 5.39. The van der Waals surface area contributed by atoms with Crippen LogP contribution in [0.15, 0.2) is 11.6 Å². The molecule has 0 aromatic rings. The molecule has 2 fully saturated rings. The summed E-state index contributed by atoms with van der Waals surface area (Å²) in [6, 6.07) is 0. The molecule has 0 aromatic carbocycles. The van der Waals surface area contributed by atoms with Gasteiger partial charge in [0.1, 0.15) is 6.10 Å². The Balaban J connectivity index is 1.69. The summed E-state index contributed by atoms with van der Waals surface area (Å²) in [5.41, 5.74) is 1.06. The average molecular weight is 328 g/mol. The number of hydrogen-bond acceptors (Lipinski definition) is 5. The standard InChI is InChI=1S/C16H28O5Si/c1-16(2,3)22(4,5)20-8-11-14(18)13-10(17)6-9-7-19-15(21-11)12(9)13/h6,10-15,17-18H,7-8H2,1-5H3/t10-,11+,12+,13-,14+,15-/m0/s1. The van der Waals surface area contributed by atoms with Gasteiger partial charge in [-0.2, -0.15) is 0 Å². The minimum Gasteiger partial charge on any atom is -0.414 e. The normalized spacial score (nSPS) is 41.5. The third-order valence-electron chi connectivity index (χ3n) is 5.83. The smallest absolute Gasteiger partial charge is 0.192 e. The fraction of sp³-hybridized carbons (Fsp3) is 0.875. The van der Waals surface area contributed by atoms with E-state index in [1.54, 1.807) is 0 Å². The van der Waals surface area contributed by atoms with Gasteiger partial charge in [0.15, 0.2) is 14.6 Å². The number of ether oxygens (including phenoxy) is 2. The number of aliphatic hydroxyl groups is 2. The Bertz CT molecular complexity index is 470. The van der Waals surface area contributed by atoms with Crippen LogP contribution in [0.1, 0.15) is 20.8 Å². The van der Waals surface area contributed by atoms with E-state index in [2.05, 4.69) is 33.9 Å². The van der Waals surface area contributed by atoms with Gasteiger partial charge in [0.2, 0.25) is 0 Å². The maximum absolute atomic E-state index is 10.6. The first kappa shape index (κ1) is 16.6. The highest BCUT2D eigenvalue weighted by Crippen LogP contribution is 2.47. The summed E-state index contributed by atoms with van der Waals surface area (Å²) in [5, 5.41) is 21.0. The molecule has 3 aliphatic rings. The minimum absolute atomic E-state index is 0.00544. The molecular weight excluding hydrogens is 300 g/mol. The molecule has 126 valence electrons. The van der Waals surface area contributed by atoms with Gasteiger partial charge in [0.25, 0.3) is 0 Å². The van der Waals surface area contributed by atoms with Gasteiger partial charge in [0, 0.05) is 11.8 Å². The van der Waals surface area contributed by atoms with Crippen LogP contribution in [-0.2, 0) is 13.9 Å². The molecule has 0 amide bonds. The first-order valence-corrected chi connectivity index (χ1v) is 11.0. The number of rotatable bonds is 3. The molecule has 1 aliphatic carbocycles. The van der Waals surface area contributed by atoms with E-state index in [-0.39, 0.29) is 23.2 Å². The van der Waals surface area contributed by atoms with Crippen LogP contribution >= 0.6 is 0 Å². The summed E-state index contributed by atoms with van der Waals surface area (Å²) in [6.07, 6.45) is -0.318. The van der Waals surface area contributed by atoms with Gasteiger partial charge in [-0.15, -0.1) is 0 Å². The van der Waals surface area contributed by atoms with Crippen molar-refractivity contribution in [1.29, 1.82) is 0 Å². The van der Waals surface area contributed by atoms with Crippen LogP contribution in [0.2, 0.25) is 18.1 Å². The molecule has 0 bridgehead atoms. The fourth-order valence-corrected chi connectivity index (χ4v) is 4.38. The van der Waals surface area contributed by atoms with E-state index in [1.165, 1.54) is 0 Å². The van der Waals surface area contributed by atoms with Crippen molar-refractivity contribution < 1.29 is 24.1 Å². The topological polar surface area (TPSA) is 68.2 Å². The van der Waals surface area contributed by atoms with Gasteiger partial charge in [-0.3, -0.25) is 0 Å². The van der Waals surface area contributed by atoms with Crippen molar-refractivity contribution in [2.45, 2.75) is 63.5 Å². The van der Waals surface area contributed by atoms with Crippen molar-refractivity contribution in [1.82, 2.24) is 0 Å². The Morgan fingerprint density at radius 1 is 1.32 bits per heavy atom. The molecule has 6 heteroatoms. The Labute approximate surface area is 133 Å². The molecule has 0 saturated carbocycles. The molecule has 0 radical (unpaired) electrons. The van der Waals surface area contributed by atoms with Crippen molar-refractivity contribution in [3.8, 4) is 0 Å². The van der Waals surface area contributed by atoms with E-state index in [1.807, 2.05) is 6.08 Å². The molecule has 0 spiro atoms. The highest BCUT2D eigenvalue weighted by atomic mass is 28.4. The van der Waals surface area contributed by atoms with Crippen molar-refractivity contribution >= 4 is 8.32 Å². The van der Waals surface area contributed by atoms with Crippen molar-refractivity contribution in [2.75, 3.05) is 13.2 Å². The highest BCUT2D eigenvalue weighted by molar-refractivity contribution is 6.74. The zero-order chi connectivity index (χ0) is 16.3. The molecule has 3 rings (SSSR count). The summed E-state index contributed by atoms with van der Waals surface area (Å²) in [5.74, 6) is -0.238. The third kappa shape index (κ3) is 2.59.